The molecule has 0 aliphatic carbocycles. The molecule has 0 heterocycles. The Balaban J connectivity index is 4.59. The first-order valence-corrected chi connectivity index (χ1v) is 28.0. The molecule has 392 valence electrons. The number of hydrogen-bond donors (Lipinski definition) is 0. The second kappa shape index (κ2) is 56.9. The Labute approximate surface area is 429 Å². The molecule has 0 amide bonds. The van der Waals surface area contributed by atoms with Crippen molar-refractivity contribution >= 4 is 17.9 Å². The van der Waals surface area contributed by atoms with Gasteiger partial charge in [-0.2, -0.15) is 0 Å². The van der Waals surface area contributed by atoms with E-state index in [-0.39, 0.29) is 37.5 Å². The standard InChI is InChI=1S/C64H100O6/c1-4-7-10-13-16-19-22-25-28-30-32-34-36-39-42-45-48-51-54-57-63(66)69-60-61(59-68-62(65)56-53-50-47-44-41-38-35-27-24-21-18-15-12-9-6-3)70-64(67)58-55-52-49-46-43-40-37-33-31-29-26-23-20-17-14-11-8-5-2/h7,10,13,16,18-19,21-34,36-37,39,42,61H,4-6,8-9,11-12,14-15,17,20,35,38,40-41,43-60H2,1-3H3/b10-7-,16-13-,21-18-,22-19-,26-23-,27-24-,28-25-,31-29-,32-30+,36-34-,37-33-,42-39-. The van der Waals surface area contributed by atoms with Gasteiger partial charge < -0.3 is 14.2 Å². The number of esters is 3. The molecule has 0 saturated carbocycles. The van der Waals surface area contributed by atoms with Gasteiger partial charge in [0.05, 0.1) is 0 Å². The number of rotatable bonds is 48. The zero-order chi connectivity index (χ0) is 50.7. The average Bonchev–Trinajstić information content (AvgIpc) is 3.36. The van der Waals surface area contributed by atoms with Gasteiger partial charge in [-0.05, 0) is 89.9 Å². The summed E-state index contributed by atoms with van der Waals surface area (Å²) in [4.78, 5) is 38.1. The van der Waals surface area contributed by atoms with E-state index in [1.807, 2.05) is 72.9 Å². The average molecular weight is 965 g/mol. The number of carbonyl (C=O) groups is 3. The summed E-state index contributed by atoms with van der Waals surface area (Å²) in [6, 6.07) is 0. The molecule has 6 heteroatoms. The minimum absolute atomic E-state index is 0.114. The first kappa shape index (κ1) is 65.3. The van der Waals surface area contributed by atoms with Crippen LogP contribution in [0.25, 0.3) is 0 Å². The summed E-state index contributed by atoms with van der Waals surface area (Å²) in [6.07, 6.45) is 81.0. The highest BCUT2D eigenvalue weighted by Gasteiger charge is 2.19. The summed E-state index contributed by atoms with van der Waals surface area (Å²) in [5, 5.41) is 0. The van der Waals surface area contributed by atoms with E-state index in [9.17, 15) is 14.4 Å². The third-order valence-electron chi connectivity index (χ3n) is 11.3. The molecule has 0 aliphatic heterocycles. The maximum absolute atomic E-state index is 12.9. The topological polar surface area (TPSA) is 78.9 Å². The number of allylic oxidation sites excluding steroid dienone is 24. The van der Waals surface area contributed by atoms with Crippen LogP contribution in [0.1, 0.15) is 220 Å². The number of carbonyl (C=O) groups excluding carboxylic acids is 3. The minimum atomic E-state index is -0.820. The monoisotopic (exact) mass is 965 g/mol. The van der Waals surface area contributed by atoms with Gasteiger partial charge in [-0.15, -0.1) is 0 Å². The third kappa shape index (κ3) is 54.2. The maximum Gasteiger partial charge on any atom is 0.306 e. The van der Waals surface area contributed by atoms with Crippen LogP contribution in [-0.2, 0) is 28.6 Å². The molecule has 0 N–H and O–H groups in total. The first-order chi connectivity index (χ1) is 34.5. The van der Waals surface area contributed by atoms with E-state index < -0.39 is 6.10 Å². The van der Waals surface area contributed by atoms with Crippen molar-refractivity contribution in [3.8, 4) is 0 Å². The lowest BCUT2D eigenvalue weighted by Crippen LogP contribution is -2.30. The minimum Gasteiger partial charge on any atom is -0.462 e. The van der Waals surface area contributed by atoms with Gasteiger partial charge in [-0.1, -0.05) is 256 Å². The molecule has 70 heavy (non-hydrogen) atoms. The highest BCUT2D eigenvalue weighted by molar-refractivity contribution is 5.71. The SMILES string of the molecule is CC\C=C/C=C\C=C/C=C\C=C\C=C/C=C\CCCCCC(=O)OCC(COC(=O)CCCCCCCC/C=C\C=C/CCCCC)OC(=O)CCCCCCC\C=C/C=C\C=C/CCCCCCC. The zero-order valence-corrected chi connectivity index (χ0v) is 44.7. The molecule has 0 spiro atoms. The second-order valence-electron chi connectivity index (χ2n) is 18.0. The Morgan fingerprint density at radius 1 is 0.300 bits per heavy atom. The van der Waals surface area contributed by atoms with E-state index in [4.69, 9.17) is 14.2 Å². The Morgan fingerprint density at radius 2 is 0.557 bits per heavy atom. The first-order valence-electron chi connectivity index (χ1n) is 28.0. The van der Waals surface area contributed by atoms with Crippen LogP contribution >= 0.6 is 0 Å². The number of hydrogen-bond acceptors (Lipinski definition) is 6. The summed E-state index contributed by atoms with van der Waals surface area (Å²) < 4.78 is 16.8. The van der Waals surface area contributed by atoms with E-state index in [1.54, 1.807) is 0 Å². The smallest absolute Gasteiger partial charge is 0.306 e. The van der Waals surface area contributed by atoms with Crippen LogP contribution in [0.15, 0.2) is 146 Å². The fraction of sp³-hybridized carbons (Fsp3) is 0.578. The Bertz CT molecular complexity index is 1580. The highest BCUT2D eigenvalue weighted by Crippen LogP contribution is 2.13. The molecule has 1 unspecified atom stereocenters. The van der Waals surface area contributed by atoms with Crippen LogP contribution in [0.3, 0.4) is 0 Å². The number of ether oxygens (including phenoxy) is 3. The zero-order valence-electron chi connectivity index (χ0n) is 44.7. The molecule has 6 nitrogen and oxygen atoms in total. The normalized spacial score (nSPS) is 13.2. The summed E-state index contributed by atoms with van der Waals surface area (Å²) >= 11 is 0. The van der Waals surface area contributed by atoms with E-state index in [1.165, 1.54) is 64.2 Å². The highest BCUT2D eigenvalue weighted by atomic mass is 16.6. The molecule has 0 aliphatic rings. The van der Waals surface area contributed by atoms with Crippen molar-refractivity contribution in [1.29, 1.82) is 0 Å². The molecule has 0 saturated heterocycles. The molecular weight excluding hydrogens is 865 g/mol. The fourth-order valence-corrected chi connectivity index (χ4v) is 7.12. The third-order valence-corrected chi connectivity index (χ3v) is 11.3. The van der Waals surface area contributed by atoms with Crippen LogP contribution in [0.4, 0.5) is 0 Å². The van der Waals surface area contributed by atoms with Crippen molar-refractivity contribution in [3.05, 3.63) is 146 Å². The summed E-state index contributed by atoms with van der Waals surface area (Å²) in [5.74, 6) is -0.998. The van der Waals surface area contributed by atoms with Crippen molar-refractivity contribution < 1.29 is 28.6 Å². The van der Waals surface area contributed by atoms with Crippen LogP contribution in [0.5, 0.6) is 0 Å². The van der Waals surface area contributed by atoms with Crippen molar-refractivity contribution in [2.45, 2.75) is 226 Å². The van der Waals surface area contributed by atoms with Gasteiger partial charge in [0, 0.05) is 19.3 Å². The lowest BCUT2D eigenvalue weighted by Gasteiger charge is -2.18. The van der Waals surface area contributed by atoms with Crippen molar-refractivity contribution in [1.82, 2.24) is 0 Å². The van der Waals surface area contributed by atoms with Gasteiger partial charge in [0.1, 0.15) is 13.2 Å². The fourth-order valence-electron chi connectivity index (χ4n) is 7.12. The second-order valence-corrected chi connectivity index (χ2v) is 18.0. The van der Waals surface area contributed by atoms with Gasteiger partial charge in [0.15, 0.2) is 6.10 Å². The Hall–Kier alpha value is -4.71. The van der Waals surface area contributed by atoms with Crippen LogP contribution < -0.4 is 0 Å². The lowest BCUT2D eigenvalue weighted by atomic mass is 10.1. The molecule has 0 rings (SSSR count). The molecular formula is C64H100O6. The van der Waals surface area contributed by atoms with Crippen molar-refractivity contribution in [3.63, 3.8) is 0 Å². The molecule has 0 aromatic rings. The lowest BCUT2D eigenvalue weighted by molar-refractivity contribution is -0.167. The largest absolute Gasteiger partial charge is 0.462 e. The van der Waals surface area contributed by atoms with Crippen molar-refractivity contribution in [2.24, 2.45) is 0 Å². The van der Waals surface area contributed by atoms with Gasteiger partial charge in [0.25, 0.3) is 0 Å². The molecule has 0 radical (unpaired) electrons. The van der Waals surface area contributed by atoms with E-state index in [0.717, 1.165) is 116 Å². The summed E-state index contributed by atoms with van der Waals surface area (Å²) in [6.45, 7) is 6.37. The Kier molecular flexibility index (Phi) is 53.0. The summed E-state index contributed by atoms with van der Waals surface area (Å²) in [5.41, 5.74) is 0. The van der Waals surface area contributed by atoms with Gasteiger partial charge in [-0.25, -0.2) is 0 Å². The Morgan fingerprint density at radius 3 is 0.929 bits per heavy atom. The molecule has 0 bridgehead atoms. The van der Waals surface area contributed by atoms with Gasteiger partial charge >= 0.3 is 17.9 Å². The van der Waals surface area contributed by atoms with Crippen LogP contribution in [-0.4, -0.2) is 37.2 Å². The van der Waals surface area contributed by atoms with Gasteiger partial charge in [0.2, 0.25) is 0 Å². The van der Waals surface area contributed by atoms with Crippen molar-refractivity contribution in [2.75, 3.05) is 13.2 Å². The van der Waals surface area contributed by atoms with E-state index in [2.05, 4.69) is 93.7 Å². The molecule has 0 fully saturated rings. The predicted molar refractivity (Wildman–Crippen MR) is 302 cm³/mol. The van der Waals surface area contributed by atoms with Crippen LogP contribution in [0, 0.1) is 0 Å². The molecule has 1 atom stereocenters. The quantitative estimate of drug-likeness (QED) is 0.0262. The van der Waals surface area contributed by atoms with Gasteiger partial charge in [-0.3, -0.25) is 14.4 Å². The predicted octanol–water partition coefficient (Wildman–Crippen LogP) is 18.8. The van der Waals surface area contributed by atoms with E-state index >= 15 is 0 Å². The maximum atomic E-state index is 12.9. The molecule has 0 aromatic heterocycles. The molecule has 0 aromatic carbocycles. The summed E-state index contributed by atoms with van der Waals surface area (Å²) in [7, 11) is 0. The number of unbranched alkanes of at least 4 members (excludes halogenated alkanes) is 22. The van der Waals surface area contributed by atoms with E-state index in [0.29, 0.717) is 12.8 Å². The van der Waals surface area contributed by atoms with Crippen LogP contribution in [0.2, 0.25) is 0 Å².